The van der Waals surface area contributed by atoms with Crippen LogP contribution in [0.25, 0.3) is 5.70 Å². The summed E-state index contributed by atoms with van der Waals surface area (Å²) in [4.78, 5) is 18.2. The highest BCUT2D eigenvalue weighted by atomic mass is 16.2. The molecular weight excluding hydrogens is 252 g/mol. The van der Waals surface area contributed by atoms with E-state index in [4.69, 9.17) is 5.10 Å². The van der Waals surface area contributed by atoms with Gasteiger partial charge in [0, 0.05) is 51.2 Å². The fourth-order valence-electron chi connectivity index (χ4n) is 3.45. The minimum Gasteiger partial charge on any atom is -0.338 e. The smallest absolute Gasteiger partial charge is 0.219 e. The number of carbonyl (C=O) groups is 1. The van der Waals surface area contributed by atoms with Gasteiger partial charge < -0.3 is 4.90 Å². The van der Waals surface area contributed by atoms with Crippen molar-refractivity contribution < 1.29 is 4.79 Å². The predicted molar refractivity (Wildman–Crippen MR) is 76.3 cm³/mol. The molecule has 4 heterocycles. The monoisotopic (exact) mass is 270 g/mol. The predicted octanol–water partition coefficient (Wildman–Crippen LogP) is 1.77. The Bertz CT molecular complexity index is 653. The van der Waals surface area contributed by atoms with Gasteiger partial charge in [0.1, 0.15) is 0 Å². The maximum absolute atomic E-state index is 11.7. The molecule has 0 atom stereocenters. The number of rotatable bonds is 0. The summed E-state index contributed by atoms with van der Waals surface area (Å²) in [5.74, 6) is 0.147. The molecule has 1 aromatic heterocycles. The van der Waals surface area contributed by atoms with Gasteiger partial charge in [-0.2, -0.15) is 5.10 Å². The average molecular weight is 270 g/mol. The zero-order valence-corrected chi connectivity index (χ0v) is 11.7. The summed E-state index contributed by atoms with van der Waals surface area (Å²) in [6.45, 7) is 4.08. The third kappa shape index (κ3) is 1.65. The molecule has 0 saturated heterocycles. The Hall–Kier alpha value is -1.91. The first-order valence-corrected chi connectivity index (χ1v) is 7.33. The van der Waals surface area contributed by atoms with E-state index in [1.54, 1.807) is 6.92 Å². The minimum atomic E-state index is 0.147. The van der Waals surface area contributed by atoms with Gasteiger partial charge in [-0.15, -0.1) is 0 Å². The van der Waals surface area contributed by atoms with Crippen LogP contribution < -0.4 is 0 Å². The summed E-state index contributed by atoms with van der Waals surface area (Å²) in [6, 6.07) is 0. The molecule has 0 aliphatic carbocycles. The van der Waals surface area contributed by atoms with E-state index in [2.05, 4.69) is 9.67 Å². The third-order valence-corrected chi connectivity index (χ3v) is 4.51. The summed E-state index contributed by atoms with van der Waals surface area (Å²) in [5, 5.41) is 4.78. The van der Waals surface area contributed by atoms with E-state index >= 15 is 0 Å². The number of allylic oxidation sites excluding steroid dienone is 1. The van der Waals surface area contributed by atoms with Crippen LogP contribution in [0.3, 0.4) is 0 Å². The molecule has 20 heavy (non-hydrogen) atoms. The minimum absolute atomic E-state index is 0.147. The SMILES string of the molecule is CC(=O)N1CCc2nn3c(c2C1)C1=C(CC=N1)CCC3. The molecule has 5 nitrogen and oxygen atoms in total. The first-order valence-electron chi connectivity index (χ1n) is 7.33. The maximum atomic E-state index is 11.7. The number of fused-ring (bicyclic) bond motifs is 4. The highest BCUT2D eigenvalue weighted by molar-refractivity contribution is 5.84. The summed E-state index contributed by atoms with van der Waals surface area (Å²) in [6.07, 6.45) is 6.09. The molecule has 4 rings (SSSR count). The molecule has 0 spiro atoms. The zero-order chi connectivity index (χ0) is 13.7. The number of hydrogen-bond donors (Lipinski definition) is 0. The van der Waals surface area contributed by atoms with Crippen LogP contribution in [0, 0.1) is 0 Å². The number of hydrogen-bond acceptors (Lipinski definition) is 3. The lowest BCUT2D eigenvalue weighted by atomic mass is 10.0. The van der Waals surface area contributed by atoms with Crippen molar-refractivity contribution in [2.45, 2.75) is 45.7 Å². The lowest BCUT2D eigenvalue weighted by molar-refractivity contribution is -0.129. The van der Waals surface area contributed by atoms with E-state index in [-0.39, 0.29) is 5.91 Å². The highest BCUT2D eigenvalue weighted by Gasteiger charge is 2.30. The van der Waals surface area contributed by atoms with Crippen molar-refractivity contribution in [3.63, 3.8) is 0 Å². The first-order chi connectivity index (χ1) is 9.74. The molecule has 104 valence electrons. The molecule has 0 bridgehead atoms. The van der Waals surface area contributed by atoms with Crippen LogP contribution >= 0.6 is 0 Å². The van der Waals surface area contributed by atoms with Crippen LogP contribution in [-0.2, 0) is 24.3 Å². The van der Waals surface area contributed by atoms with Crippen molar-refractivity contribution in [2.24, 2.45) is 4.99 Å². The molecule has 0 N–H and O–H groups in total. The number of aryl methyl sites for hydroxylation is 1. The van der Waals surface area contributed by atoms with Gasteiger partial charge in [0.2, 0.25) is 5.91 Å². The summed E-state index contributed by atoms with van der Waals surface area (Å²) >= 11 is 0. The van der Waals surface area contributed by atoms with E-state index in [0.29, 0.717) is 6.54 Å². The average Bonchev–Trinajstić information content (AvgIpc) is 2.98. The summed E-state index contributed by atoms with van der Waals surface area (Å²) < 4.78 is 2.12. The molecule has 0 saturated carbocycles. The molecule has 3 aliphatic heterocycles. The van der Waals surface area contributed by atoms with Crippen molar-refractivity contribution >= 4 is 17.8 Å². The van der Waals surface area contributed by atoms with Gasteiger partial charge in [0.15, 0.2) is 0 Å². The van der Waals surface area contributed by atoms with Crippen LogP contribution in [0.4, 0.5) is 0 Å². The van der Waals surface area contributed by atoms with Crippen LogP contribution in [0.15, 0.2) is 10.6 Å². The Balaban J connectivity index is 1.85. The van der Waals surface area contributed by atoms with E-state index in [0.717, 1.165) is 50.2 Å². The van der Waals surface area contributed by atoms with Crippen molar-refractivity contribution in [1.82, 2.24) is 14.7 Å². The first kappa shape index (κ1) is 11.9. The number of aliphatic imine (C=N–C) groups is 1. The van der Waals surface area contributed by atoms with Crippen LogP contribution in [0.1, 0.15) is 43.1 Å². The Morgan fingerprint density at radius 2 is 2.20 bits per heavy atom. The van der Waals surface area contributed by atoms with Gasteiger partial charge in [0.25, 0.3) is 0 Å². The molecule has 3 aliphatic rings. The van der Waals surface area contributed by atoms with E-state index in [9.17, 15) is 4.79 Å². The molecular formula is C15H18N4O. The van der Waals surface area contributed by atoms with Crippen LogP contribution in [0.2, 0.25) is 0 Å². The van der Waals surface area contributed by atoms with E-state index in [1.165, 1.54) is 16.8 Å². The quantitative estimate of drug-likeness (QED) is 0.721. The second kappa shape index (κ2) is 4.30. The van der Waals surface area contributed by atoms with E-state index in [1.807, 2.05) is 11.1 Å². The molecule has 0 aromatic carbocycles. The highest BCUT2D eigenvalue weighted by Crippen LogP contribution is 2.36. The second-order valence-electron chi connectivity index (χ2n) is 5.76. The Morgan fingerprint density at radius 1 is 1.30 bits per heavy atom. The topological polar surface area (TPSA) is 50.5 Å². The molecule has 0 unspecified atom stereocenters. The summed E-state index contributed by atoms with van der Waals surface area (Å²) in [5.41, 5.74) is 6.12. The number of nitrogens with zero attached hydrogens (tertiary/aromatic N) is 4. The lowest BCUT2D eigenvalue weighted by Crippen LogP contribution is -2.34. The van der Waals surface area contributed by atoms with Crippen molar-refractivity contribution in [3.05, 3.63) is 22.5 Å². The van der Waals surface area contributed by atoms with Gasteiger partial charge in [-0.3, -0.25) is 14.5 Å². The maximum Gasteiger partial charge on any atom is 0.219 e. The van der Waals surface area contributed by atoms with Crippen molar-refractivity contribution in [3.8, 4) is 0 Å². The van der Waals surface area contributed by atoms with Gasteiger partial charge in [-0.25, -0.2) is 0 Å². The number of aromatic nitrogens is 2. The van der Waals surface area contributed by atoms with Crippen molar-refractivity contribution in [1.29, 1.82) is 0 Å². The Morgan fingerprint density at radius 3 is 3.05 bits per heavy atom. The fraction of sp³-hybridized carbons (Fsp3) is 0.533. The standard InChI is InChI=1S/C15H18N4O/c1-10(20)18-8-5-13-12(9-18)15-14-11(4-6-16-14)3-2-7-19(15)17-13/h6H,2-5,7-9H2,1H3. The van der Waals surface area contributed by atoms with E-state index < -0.39 is 0 Å². The molecule has 5 heteroatoms. The molecule has 1 aromatic rings. The normalized spacial score (nSPS) is 20.6. The molecule has 1 amide bonds. The number of amides is 1. The van der Waals surface area contributed by atoms with Crippen LogP contribution in [0.5, 0.6) is 0 Å². The third-order valence-electron chi connectivity index (χ3n) is 4.51. The molecule has 0 radical (unpaired) electrons. The largest absolute Gasteiger partial charge is 0.338 e. The fourth-order valence-corrected chi connectivity index (χ4v) is 3.45. The van der Waals surface area contributed by atoms with Gasteiger partial charge in [-0.05, 0) is 18.4 Å². The van der Waals surface area contributed by atoms with Gasteiger partial charge in [-0.1, -0.05) is 0 Å². The molecule has 0 fully saturated rings. The van der Waals surface area contributed by atoms with Gasteiger partial charge >= 0.3 is 0 Å². The van der Waals surface area contributed by atoms with Crippen molar-refractivity contribution in [2.75, 3.05) is 6.54 Å². The summed E-state index contributed by atoms with van der Waals surface area (Å²) in [7, 11) is 0. The van der Waals surface area contributed by atoms with Gasteiger partial charge in [0.05, 0.1) is 17.1 Å². The van der Waals surface area contributed by atoms with Crippen LogP contribution in [-0.4, -0.2) is 33.3 Å². The zero-order valence-electron chi connectivity index (χ0n) is 11.7. The Kier molecular flexibility index (Phi) is 2.55. The second-order valence-corrected chi connectivity index (χ2v) is 5.76. The Labute approximate surface area is 118 Å². The lowest BCUT2D eigenvalue weighted by Gasteiger charge is -2.25. The number of carbonyl (C=O) groups excluding carboxylic acids is 1.